The lowest BCUT2D eigenvalue weighted by atomic mass is 9.92. The van der Waals surface area contributed by atoms with Crippen LogP contribution in [0.1, 0.15) is 74.3 Å². The van der Waals surface area contributed by atoms with Crippen LogP contribution in [0.2, 0.25) is 0 Å². The first-order valence-electron chi connectivity index (χ1n) is 14.2. The third kappa shape index (κ3) is 9.05. The summed E-state index contributed by atoms with van der Waals surface area (Å²) in [7, 11) is 0. The molecule has 7 N–H and O–H groups in total. The number of benzene rings is 1. The van der Waals surface area contributed by atoms with E-state index in [9.17, 15) is 14.7 Å². The number of nitrogens with one attached hydrogen (secondary N) is 2. The molecule has 1 aromatic carbocycles. The number of aromatic hydroxyl groups is 1. The fraction of sp³-hybridized carbons (Fsp3) is 0.419. The first-order valence-corrected chi connectivity index (χ1v) is 14.2. The van der Waals surface area contributed by atoms with Crippen molar-refractivity contribution in [1.82, 2.24) is 20.6 Å². The van der Waals surface area contributed by atoms with E-state index < -0.39 is 0 Å². The minimum atomic E-state index is -0.261. The summed E-state index contributed by atoms with van der Waals surface area (Å²) in [4.78, 5) is 33.3. The van der Waals surface area contributed by atoms with Gasteiger partial charge in [-0.2, -0.15) is 0 Å². The summed E-state index contributed by atoms with van der Waals surface area (Å²) >= 11 is 0. The summed E-state index contributed by atoms with van der Waals surface area (Å²) in [6, 6.07) is 10.4. The van der Waals surface area contributed by atoms with Gasteiger partial charge in [-0.3, -0.25) is 14.6 Å². The van der Waals surface area contributed by atoms with E-state index in [0.29, 0.717) is 43.9 Å². The van der Waals surface area contributed by atoms with Gasteiger partial charge in [0.15, 0.2) is 0 Å². The molecule has 0 radical (unpaired) electrons. The Balaban J connectivity index is 1.47. The number of hydrogen-bond donors (Lipinski definition) is 5. The molecular weight excluding hydrogens is 504 g/mol. The van der Waals surface area contributed by atoms with Crippen LogP contribution in [0.5, 0.6) is 5.75 Å². The Labute approximate surface area is 236 Å². The van der Waals surface area contributed by atoms with Gasteiger partial charge in [-0.1, -0.05) is 50.8 Å². The summed E-state index contributed by atoms with van der Waals surface area (Å²) in [5.41, 5.74) is 16.5. The van der Waals surface area contributed by atoms with Gasteiger partial charge in [0.25, 0.3) is 5.91 Å². The van der Waals surface area contributed by atoms with E-state index in [1.807, 2.05) is 25.1 Å². The number of rotatable bonds is 16. The maximum Gasteiger partial charge on any atom is 0.269 e. The molecule has 2 heterocycles. The zero-order valence-corrected chi connectivity index (χ0v) is 23.4. The Kier molecular flexibility index (Phi) is 12.4. The van der Waals surface area contributed by atoms with E-state index in [4.69, 9.17) is 11.5 Å². The fourth-order valence-corrected chi connectivity index (χ4v) is 4.65. The lowest BCUT2D eigenvalue weighted by Gasteiger charge is -2.16. The van der Waals surface area contributed by atoms with Crippen molar-refractivity contribution in [2.75, 3.05) is 25.4 Å². The van der Waals surface area contributed by atoms with Crippen molar-refractivity contribution in [1.29, 1.82) is 0 Å². The Morgan fingerprint density at radius 2 is 1.50 bits per heavy atom. The van der Waals surface area contributed by atoms with Crippen LogP contribution >= 0.6 is 0 Å². The van der Waals surface area contributed by atoms with Crippen LogP contribution in [0.3, 0.4) is 0 Å². The highest BCUT2D eigenvalue weighted by atomic mass is 16.3. The van der Waals surface area contributed by atoms with Crippen molar-refractivity contribution in [3.63, 3.8) is 0 Å². The molecule has 40 heavy (non-hydrogen) atoms. The minimum absolute atomic E-state index is 0.0581. The van der Waals surface area contributed by atoms with Gasteiger partial charge in [0.2, 0.25) is 5.91 Å². The Morgan fingerprint density at radius 1 is 0.825 bits per heavy atom. The highest BCUT2D eigenvalue weighted by molar-refractivity contribution is 5.92. The maximum atomic E-state index is 12.6. The van der Waals surface area contributed by atoms with E-state index >= 15 is 0 Å². The summed E-state index contributed by atoms with van der Waals surface area (Å²) in [5.74, 6) is 0.398. The van der Waals surface area contributed by atoms with E-state index in [1.165, 1.54) is 6.42 Å². The zero-order valence-electron chi connectivity index (χ0n) is 23.4. The molecule has 0 aliphatic carbocycles. The largest absolute Gasteiger partial charge is 0.508 e. The number of phenolic OH excluding ortho intramolecular Hbond substituents is 1. The molecule has 9 heteroatoms. The molecule has 0 spiro atoms. The molecule has 214 valence electrons. The molecule has 2 aromatic heterocycles. The van der Waals surface area contributed by atoms with Crippen LogP contribution in [0, 0.1) is 0 Å². The molecule has 0 saturated heterocycles. The van der Waals surface area contributed by atoms with E-state index in [0.717, 1.165) is 66.5 Å². The quantitative estimate of drug-likeness (QED) is 0.165. The number of phenols is 1. The number of anilines is 1. The lowest BCUT2D eigenvalue weighted by molar-refractivity contribution is -0.121. The maximum absolute atomic E-state index is 12.6. The second-order valence-electron chi connectivity index (χ2n) is 9.86. The van der Waals surface area contributed by atoms with Crippen molar-refractivity contribution in [2.24, 2.45) is 5.73 Å². The topological polar surface area (TPSA) is 156 Å². The number of nitrogens with two attached hydrogens (primary N) is 2. The number of amides is 2. The van der Waals surface area contributed by atoms with Crippen molar-refractivity contribution in [3.05, 3.63) is 60.0 Å². The standard InChI is InChI=1S/C31H42N6O3/c1-2-25-26(21-37-30(33)29(25)22-11-14-24(38)15-12-22)23-13-16-27(36-20-23)31(40)35-19-9-18-34-28(39)10-7-5-3-4-6-8-17-32/h11-16,20-21,38H,2-10,17-19,32H2,1H3,(H2,33,37)(H,34,39)(H,35,40). The van der Waals surface area contributed by atoms with Crippen molar-refractivity contribution >= 4 is 17.6 Å². The number of pyridine rings is 2. The summed E-state index contributed by atoms with van der Waals surface area (Å²) in [6.45, 7) is 3.77. The van der Waals surface area contributed by atoms with Gasteiger partial charge in [-0.25, -0.2) is 4.98 Å². The predicted octanol–water partition coefficient (Wildman–Crippen LogP) is 4.59. The first kappa shape index (κ1) is 30.6. The molecule has 3 rings (SSSR count). The van der Waals surface area contributed by atoms with Gasteiger partial charge >= 0.3 is 0 Å². The Hall–Kier alpha value is -3.98. The minimum Gasteiger partial charge on any atom is -0.508 e. The third-order valence-corrected chi connectivity index (χ3v) is 6.85. The van der Waals surface area contributed by atoms with Crippen LogP contribution < -0.4 is 22.1 Å². The molecule has 0 saturated carbocycles. The Morgan fingerprint density at radius 3 is 2.17 bits per heavy atom. The number of unbranched alkanes of at least 4 members (excludes halogenated alkanes) is 5. The van der Waals surface area contributed by atoms with Gasteiger partial charge in [-0.15, -0.1) is 0 Å². The first-order chi connectivity index (χ1) is 19.4. The molecule has 2 amide bonds. The average molecular weight is 547 g/mol. The highest BCUT2D eigenvalue weighted by Gasteiger charge is 2.16. The molecule has 0 unspecified atom stereocenters. The molecule has 0 aliphatic heterocycles. The van der Waals surface area contributed by atoms with Gasteiger partial charge in [0.1, 0.15) is 17.3 Å². The van der Waals surface area contributed by atoms with Crippen LogP contribution in [0.25, 0.3) is 22.3 Å². The van der Waals surface area contributed by atoms with Gasteiger partial charge < -0.3 is 27.2 Å². The zero-order chi connectivity index (χ0) is 28.7. The lowest BCUT2D eigenvalue weighted by Crippen LogP contribution is -2.30. The summed E-state index contributed by atoms with van der Waals surface area (Å²) in [6.07, 6.45) is 11.8. The predicted molar refractivity (Wildman–Crippen MR) is 160 cm³/mol. The second kappa shape index (κ2) is 16.2. The van der Waals surface area contributed by atoms with Gasteiger partial charge in [0.05, 0.1) is 0 Å². The average Bonchev–Trinajstić information content (AvgIpc) is 2.97. The number of aromatic nitrogens is 2. The van der Waals surface area contributed by atoms with Crippen LogP contribution in [-0.4, -0.2) is 46.5 Å². The Bertz CT molecular complexity index is 1230. The normalized spacial score (nSPS) is 10.8. The molecular formula is C31H42N6O3. The third-order valence-electron chi connectivity index (χ3n) is 6.85. The van der Waals surface area contributed by atoms with Crippen LogP contribution in [-0.2, 0) is 11.2 Å². The van der Waals surface area contributed by atoms with Crippen LogP contribution in [0.15, 0.2) is 48.8 Å². The van der Waals surface area contributed by atoms with Crippen molar-refractivity contribution < 1.29 is 14.7 Å². The highest BCUT2D eigenvalue weighted by Crippen LogP contribution is 2.36. The number of carbonyl (C=O) groups is 2. The van der Waals surface area contributed by atoms with E-state index in [-0.39, 0.29) is 17.6 Å². The van der Waals surface area contributed by atoms with Gasteiger partial charge in [-0.05, 0) is 61.6 Å². The fourth-order valence-electron chi connectivity index (χ4n) is 4.65. The van der Waals surface area contributed by atoms with Crippen LogP contribution in [0.4, 0.5) is 5.82 Å². The SMILES string of the molecule is CCc1c(-c2ccc(C(=O)NCCCNC(=O)CCCCCCCCN)nc2)cnc(N)c1-c1ccc(O)cc1. The smallest absolute Gasteiger partial charge is 0.269 e. The summed E-state index contributed by atoms with van der Waals surface area (Å²) in [5, 5.41) is 15.4. The molecule has 3 aromatic rings. The molecule has 0 fully saturated rings. The number of hydrogen-bond acceptors (Lipinski definition) is 7. The second-order valence-corrected chi connectivity index (χ2v) is 9.86. The monoisotopic (exact) mass is 546 g/mol. The van der Waals surface area contributed by atoms with E-state index in [2.05, 4.69) is 20.6 Å². The number of carbonyl (C=O) groups excluding carboxylic acids is 2. The van der Waals surface area contributed by atoms with Crippen molar-refractivity contribution in [2.45, 2.75) is 64.7 Å². The molecule has 0 aliphatic rings. The van der Waals surface area contributed by atoms with Crippen molar-refractivity contribution in [3.8, 4) is 28.0 Å². The summed E-state index contributed by atoms with van der Waals surface area (Å²) < 4.78 is 0. The molecule has 9 nitrogen and oxygen atoms in total. The molecule has 0 bridgehead atoms. The number of nitrogens with zero attached hydrogens (tertiary/aromatic N) is 2. The van der Waals surface area contributed by atoms with Gasteiger partial charge in [0, 0.05) is 48.6 Å². The molecule has 0 atom stereocenters. The van der Waals surface area contributed by atoms with E-state index in [1.54, 1.807) is 30.6 Å². The number of nitrogen functional groups attached to an aromatic ring is 1.